The molecule has 452 valence electrons. The zero-order valence-electron chi connectivity index (χ0n) is 49.8. The number of carbonyl (C=O) groups is 4. The number of carbonyl (C=O) groups excluding carboxylic acids is 4. The van der Waals surface area contributed by atoms with Crippen molar-refractivity contribution in [1.29, 1.82) is 0 Å². The molecule has 2 rings (SSSR count). The van der Waals surface area contributed by atoms with E-state index in [1.807, 2.05) is 0 Å². The van der Waals surface area contributed by atoms with Crippen LogP contribution in [0.15, 0.2) is 94.8 Å². The second-order valence-electron chi connectivity index (χ2n) is 20.1. The van der Waals surface area contributed by atoms with Crippen LogP contribution in [-0.4, -0.2) is 114 Å². The van der Waals surface area contributed by atoms with E-state index in [2.05, 4.69) is 76.3 Å². The van der Waals surface area contributed by atoms with E-state index in [0.717, 1.165) is 139 Å². The Balaban J connectivity index is 0.00000156. The molecule has 81 heavy (non-hydrogen) atoms. The summed E-state index contributed by atoms with van der Waals surface area (Å²) in [6, 6.07) is 6.10. The van der Waals surface area contributed by atoms with Crippen molar-refractivity contribution in [2.45, 2.75) is 243 Å². The van der Waals surface area contributed by atoms with Gasteiger partial charge in [-0.15, -0.1) is 0 Å². The Morgan fingerprint density at radius 3 is 0.753 bits per heavy atom. The first-order valence-electron chi connectivity index (χ1n) is 30.1. The van der Waals surface area contributed by atoms with Crippen molar-refractivity contribution in [1.82, 2.24) is 0 Å². The van der Waals surface area contributed by atoms with Crippen molar-refractivity contribution >= 4 is 81.9 Å². The maximum atomic E-state index is 12.7. The Labute approximate surface area is 518 Å². The van der Waals surface area contributed by atoms with E-state index in [-0.39, 0.29) is 86.4 Å². The van der Waals surface area contributed by atoms with Gasteiger partial charge in [-0.1, -0.05) is 128 Å². The molecule has 0 saturated heterocycles. The van der Waals surface area contributed by atoms with E-state index in [9.17, 15) is 45.1 Å². The molecule has 14 nitrogen and oxygen atoms in total. The number of benzene rings is 2. The number of allylic oxidation sites excluding steroid dienone is 8. The molecule has 0 saturated carbocycles. The molecule has 0 fully saturated rings. The van der Waals surface area contributed by atoms with Crippen molar-refractivity contribution in [3.63, 3.8) is 0 Å². The third-order valence-corrected chi connectivity index (χ3v) is 14.7. The maximum absolute atomic E-state index is 12.7. The van der Waals surface area contributed by atoms with Crippen molar-refractivity contribution in [2.75, 3.05) is 26.4 Å². The van der Waals surface area contributed by atoms with E-state index in [1.54, 1.807) is 0 Å². The van der Waals surface area contributed by atoms with Gasteiger partial charge in [0.25, 0.3) is 0 Å². The second-order valence-corrected chi connectivity index (χ2v) is 22.9. The average Bonchev–Trinajstić information content (AvgIpc) is 3.46. The molecule has 0 N–H and O–H groups in total. The maximum Gasteiger partial charge on any atom is 2.00 e. The fourth-order valence-electron chi connectivity index (χ4n) is 8.18. The Hall–Kier alpha value is -3.64. The van der Waals surface area contributed by atoms with Gasteiger partial charge in [0, 0.05) is 0 Å². The van der Waals surface area contributed by atoms with Gasteiger partial charge in [-0.25, -0.2) is 36.0 Å². The number of rotatable bonds is 46. The molecule has 0 atom stereocenters. The van der Waals surface area contributed by atoms with Gasteiger partial charge in [0.15, 0.2) is 0 Å². The van der Waals surface area contributed by atoms with Crippen LogP contribution in [0.4, 0.5) is 0 Å². The van der Waals surface area contributed by atoms with Crippen molar-refractivity contribution in [3.8, 4) is 0 Å². The Bertz CT molecular complexity index is 2200. The Kier molecular flexibility index (Phi) is 48.6. The van der Waals surface area contributed by atoms with Gasteiger partial charge in [-0.05, 0) is 190 Å². The summed E-state index contributed by atoms with van der Waals surface area (Å²) in [4.78, 5) is 49.6. The van der Waals surface area contributed by atoms with Gasteiger partial charge in [-0.2, -0.15) is 0 Å². The monoisotopic (exact) mass is 1190 g/mol. The van der Waals surface area contributed by atoms with E-state index in [0.29, 0.717) is 25.7 Å². The second kappa shape index (κ2) is 50.8. The number of hydrogen-bond acceptors (Lipinski definition) is 14. The van der Waals surface area contributed by atoms with Crippen LogP contribution in [0.25, 0.3) is 0 Å². The summed E-state index contributed by atoms with van der Waals surface area (Å²) in [6.07, 6.45) is 50.7. The summed E-state index contributed by atoms with van der Waals surface area (Å²) in [5, 5.41) is 0. The van der Waals surface area contributed by atoms with E-state index in [4.69, 9.17) is 18.9 Å². The predicted octanol–water partition coefficient (Wildman–Crippen LogP) is 16.2. The summed E-state index contributed by atoms with van der Waals surface area (Å²) < 4.78 is 90.3. The molecular weight excluding hydrogens is 1100 g/mol. The van der Waals surface area contributed by atoms with Crippen molar-refractivity contribution in [3.05, 3.63) is 107 Å². The molecule has 0 spiro atoms. The molecule has 0 radical (unpaired) electrons. The van der Waals surface area contributed by atoms with Crippen LogP contribution in [0.3, 0.4) is 0 Å². The summed E-state index contributed by atoms with van der Waals surface area (Å²) >= 11 is 0. The van der Waals surface area contributed by atoms with Crippen LogP contribution in [-0.2, 0) is 39.2 Å². The molecule has 2 aromatic rings. The number of hydrogen-bond donors (Lipinski definition) is 0. The molecule has 0 unspecified atom stereocenters. The Morgan fingerprint density at radius 1 is 0.333 bits per heavy atom. The van der Waals surface area contributed by atoms with Gasteiger partial charge < -0.3 is 28.1 Å². The van der Waals surface area contributed by atoms with Crippen LogP contribution in [0.5, 0.6) is 0 Å². The number of esters is 4. The topological polar surface area (TPSA) is 220 Å². The molecule has 0 bridgehead atoms. The van der Waals surface area contributed by atoms with E-state index < -0.39 is 53.9 Å². The summed E-state index contributed by atoms with van der Waals surface area (Å²) in [5.74, 6) is -3.19. The smallest absolute Gasteiger partial charge is 0.744 e. The summed E-state index contributed by atoms with van der Waals surface area (Å²) in [6.45, 7) is 9.38. The van der Waals surface area contributed by atoms with Crippen LogP contribution < -0.4 is 0 Å². The van der Waals surface area contributed by atoms with Gasteiger partial charge in [-0.3, -0.25) is 0 Å². The van der Waals surface area contributed by atoms with Crippen LogP contribution in [0.1, 0.15) is 275 Å². The van der Waals surface area contributed by atoms with Gasteiger partial charge in [0.05, 0.1) is 58.5 Å². The first-order valence-corrected chi connectivity index (χ1v) is 32.9. The molecule has 0 aliphatic rings. The first kappa shape index (κ1) is 77.4. The zero-order chi connectivity index (χ0) is 59.0. The summed E-state index contributed by atoms with van der Waals surface area (Å²) in [5.41, 5.74) is -0.767. The van der Waals surface area contributed by atoms with Crippen LogP contribution >= 0.6 is 0 Å². The average molecular weight is 1200 g/mol. The van der Waals surface area contributed by atoms with Gasteiger partial charge in [0.2, 0.25) is 0 Å². The Morgan fingerprint density at radius 2 is 0.543 bits per heavy atom. The SMILES string of the molecule is CCCCC/C=C/CCCCCOC(=O)c1ccc(S(=O)(=O)[O-])cc1C(=O)OCCCCC/C=C/CCCCC.CCCCC/C=C/CCCCCOC(=O)c1ccc(S(=O)(=O)[O-])cc1C(=O)OCCCCC/C=C/CCCCC.[Ca+2]. The predicted molar refractivity (Wildman–Crippen MR) is 323 cm³/mol. The minimum atomic E-state index is -4.81. The molecule has 2 aromatic carbocycles. The van der Waals surface area contributed by atoms with Crippen LogP contribution in [0.2, 0.25) is 0 Å². The normalized spacial score (nSPS) is 11.7. The van der Waals surface area contributed by atoms with Gasteiger partial charge >= 0.3 is 61.6 Å². The first-order chi connectivity index (χ1) is 38.6. The van der Waals surface area contributed by atoms with Gasteiger partial charge in [0.1, 0.15) is 20.2 Å². The minimum Gasteiger partial charge on any atom is -0.744 e. The molecule has 0 heterocycles. The minimum absolute atomic E-state index is 0. The molecule has 0 aromatic heterocycles. The number of ether oxygens (including phenoxy) is 4. The largest absolute Gasteiger partial charge is 2.00 e. The molecule has 0 aliphatic carbocycles. The standard InChI is InChI=1S/2C32H50O7S.Ca/c2*1-3-5-7-9-11-13-15-17-19-21-25-38-31(33)29-24-23-28(40(35,36)37)27-30(29)32(34)39-26-22-20-18-16-14-12-10-8-6-4-2;/h2*11-14,23-24,27H,3-10,15-22,25-26H2,1-2H3,(H,35,36,37);/q;;+2/p-2/b2*13-11+,14-12+;. The quantitative estimate of drug-likeness (QED) is 0.0150. The fourth-order valence-corrected chi connectivity index (χ4v) is 9.17. The van der Waals surface area contributed by atoms with Crippen molar-refractivity contribution < 1.29 is 64.1 Å². The zero-order valence-corrected chi connectivity index (χ0v) is 53.6. The molecule has 0 aliphatic heterocycles. The third-order valence-electron chi connectivity index (χ3n) is 13.0. The summed E-state index contributed by atoms with van der Waals surface area (Å²) in [7, 11) is -9.62. The van der Waals surface area contributed by atoms with Crippen molar-refractivity contribution in [2.24, 2.45) is 0 Å². The fraction of sp³-hybridized carbons (Fsp3) is 0.625. The molecule has 0 amide bonds. The number of unbranched alkanes of at least 4 members (excludes halogenated alkanes) is 24. The van der Waals surface area contributed by atoms with E-state index >= 15 is 0 Å². The van der Waals surface area contributed by atoms with E-state index in [1.165, 1.54) is 77.0 Å². The van der Waals surface area contributed by atoms with Crippen LogP contribution in [0, 0.1) is 0 Å². The third kappa shape index (κ3) is 40.3. The molecular formula is C64H98CaO14S2. The molecule has 17 heteroatoms.